The minimum Gasteiger partial charge on any atom is -0.382 e. The van der Waals surface area contributed by atoms with Crippen LogP contribution in [0.15, 0.2) is 18.2 Å². The van der Waals surface area contributed by atoms with Crippen LogP contribution in [0, 0.1) is 17.2 Å². The van der Waals surface area contributed by atoms with Crippen molar-refractivity contribution in [2.45, 2.75) is 37.8 Å². The monoisotopic (exact) mass is 276 g/mol. The fourth-order valence-electron chi connectivity index (χ4n) is 2.69. The third kappa shape index (κ3) is 3.02. The van der Waals surface area contributed by atoms with Gasteiger partial charge in [0, 0.05) is 18.3 Å². The second-order valence-electron chi connectivity index (χ2n) is 5.42. The first-order chi connectivity index (χ1) is 9.26. The Kier molecular flexibility index (Phi) is 3.63. The van der Waals surface area contributed by atoms with Gasteiger partial charge in [0.25, 0.3) is 0 Å². The number of nitrogens with one attached hydrogen (secondary N) is 1. The van der Waals surface area contributed by atoms with Crippen molar-refractivity contribution in [2.75, 3.05) is 11.9 Å². The van der Waals surface area contributed by atoms with Gasteiger partial charge in [0.15, 0.2) is 0 Å². The highest BCUT2D eigenvalue weighted by Gasteiger charge is 2.35. The molecular formula is C15H17ClN2O. The van der Waals surface area contributed by atoms with Crippen LogP contribution in [0.4, 0.5) is 5.69 Å². The summed E-state index contributed by atoms with van der Waals surface area (Å²) in [6.07, 6.45) is 5.17. The predicted molar refractivity (Wildman–Crippen MR) is 75.3 cm³/mol. The summed E-state index contributed by atoms with van der Waals surface area (Å²) in [6.45, 7) is 0.836. The van der Waals surface area contributed by atoms with Gasteiger partial charge in [-0.3, -0.25) is 0 Å². The van der Waals surface area contributed by atoms with Crippen LogP contribution < -0.4 is 5.32 Å². The summed E-state index contributed by atoms with van der Waals surface area (Å²) >= 11 is 6.05. The van der Waals surface area contributed by atoms with Crippen LogP contribution in [-0.2, 0) is 4.74 Å². The maximum Gasteiger partial charge on any atom is 0.101 e. The third-order valence-corrected chi connectivity index (χ3v) is 4.24. The number of anilines is 1. The van der Waals surface area contributed by atoms with Crippen LogP contribution in [-0.4, -0.2) is 18.8 Å². The average Bonchev–Trinajstić information content (AvgIpc) is 3.24. The van der Waals surface area contributed by atoms with E-state index < -0.39 is 0 Å². The minimum atomic E-state index is 0.431. The molecule has 0 amide bonds. The number of nitriles is 1. The molecule has 0 aromatic heterocycles. The molecule has 19 heavy (non-hydrogen) atoms. The molecule has 4 heteroatoms. The Bertz CT molecular complexity index is 507. The largest absolute Gasteiger partial charge is 0.382 e. The standard InChI is InChI=1S/C15H17ClN2O/c16-14-7-12(4-3-11(14)9-17)18-13-5-6-19-15(8-13)10-1-2-10/h3-4,7,10,13,15,18H,1-2,5-6,8H2. The summed E-state index contributed by atoms with van der Waals surface area (Å²) in [5.41, 5.74) is 1.51. The number of ether oxygens (including phenoxy) is 1. The van der Waals surface area contributed by atoms with Gasteiger partial charge in [-0.15, -0.1) is 0 Å². The number of benzene rings is 1. The zero-order valence-electron chi connectivity index (χ0n) is 10.7. The molecule has 2 unspecified atom stereocenters. The summed E-state index contributed by atoms with van der Waals surface area (Å²) in [4.78, 5) is 0. The van der Waals surface area contributed by atoms with Crippen LogP contribution in [0.2, 0.25) is 5.02 Å². The fraction of sp³-hybridized carbons (Fsp3) is 0.533. The van der Waals surface area contributed by atoms with E-state index in [1.807, 2.05) is 12.1 Å². The molecule has 3 nitrogen and oxygen atoms in total. The normalized spacial score (nSPS) is 26.7. The lowest BCUT2D eigenvalue weighted by molar-refractivity contribution is -0.00218. The highest BCUT2D eigenvalue weighted by atomic mass is 35.5. The number of nitrogens with zero attached hydrogens (tertiary/aromatic N) is 1. The molecule has 2 fully saturated rings. The Morgan fingerprint density at radius 2 is 2.16 bits per heavy atom. The van der Waals surface area contributed by atoms with Gasteiger partial charge >= 0.3 is 0 Å². The van der Waals surface area contributed by atoms with E-state index in [4.69, 9.17) is 21.6 Å². The van der Waals surface area contributed by atoms with Gasteiger partial charge in [-0.05, 0) is 49.8 Å². The van der Waals surface area contributed by atoms with Gasteiger partial charge in [-0.1, -0.05) is 11.6 Å². The van der Waals surface area contributed by atoms with Gasteiger partial charge in [-0.2, -0.15) is 5.26 Å². The van der Waals surface area contributed by atoms with Crippen molar-refractivity contribution in [1.29, 1.82) is 5.26 Å². The molecule has 0 bridgehead atoms. The van der Waals surface area contributed by atoms with Crippen LogP contribution >= 0.6 is 11.6 Å². The van der Waals surface area contributed by atoms with Crippen molar-refractivity contribution >= 4 is 17.3 Å². The molecule has 0 radical (unpaired) electrons. The third-order valence-electron chi connectivity index (χ3n) is 3.92. The van der Waals surface area contributed by atoms with Crippen molar-refractivity contribution < 1.29 is 4.74 Å². The van der Waals surface area contributed by atoms with Crippen molar-refractivity contribution in [1.82, 2.24) is 0 Å². The molecule has 1 N–H and O–H groups in total. The topological polar surface area (TPSA) is 45.0 Å². The predicted octanol–water partition coefficient (Wildman–Crippen LogP) is 3.58. The van der Waals surface area contributed by atoms with E-state index in [-0.39, 0.29) is 0 Å². The second kappa shape index (κ2) is 5.40. The summed E-state index contributed by atoms with van der Waals surface area (Å²) in [5.74, 6) is 0.786. The molecular weight excluding hydrogens is 260 g/mol. The average molecular weight is 277 g/mol. The zero-order chi connectivity index (χ0) is 13.2. The van der Waals surface area contributed by atoms with E-state index in [2.05, 4.69) is 11.4 Å². The van der Waals surface area contributed by atoms with E-state index in [0.717, 1.165) is 31.1 Å². The van der Waals surface area contributed by atoms with Gasteiger partial charge in [0.05, 0.1) is 16.7 Å². The molecule has 1 aromatic carbocycles. The molecule has 1 saturated heterocycles. The molecule has 1 heterocycles. The first-order valence-electron chi connectivity index (χ1n) is 6.84. The Hall–Kier alpha value is -1.24. The molecule has 1 aliphatic carbocycles. The Morgan fingerprint density at radius 1 is 1.32 bits per heavy atom. The molecule has 2 atom stereocenters. The van der Waals surface area contributed by atoms with Crippen molar-refractivity contribution in [2.24, 2.45) is 5.92 Å². The number of halogens is 1. The highest BCUT2D eigenvalue weighted by molar-refractivity contribution is 6.32. The van der Waals surface area contributed by atoms with E-state index >= 15 is 0 Å². The first-order valence-corrected chi connectivity index (χ1v) is 7.22. The van der Waals surface area contributed by atoms with Gasteiger partial charge in [0.2, 0.25) is 0 Å². The van der Waals surface area contributed by atoms with Crippen molar-refractivity contribution in [3.63, 3.8) is 0 Å². The van der Waals surface area contributed by atoms with Gasteiger partial charge in [-0.25, -0.2) is 0 Å². The van der Waals surface area contributed by atoms with Crippen LogP contribution in [0.3, 0.4) is 0 Å². The van der Waals surface area contributed by atoms with Gasteiger partial charge < -0.3 is 10.1 Å². The second-order valence-corrected chi connectivity index (χ2v) is 5.83. The van der Waals surface area contributed by atoms with Gasteiger partial charge in [0.1, 0.15) is 6.07 Å². The summed E-state index contributed by atoms with van der Waals surface area (Å²) < 4.78 is 5.82. The molecule has 1 aromatic rings. The lowest BCUT2D eigenvalue weighted by atomic mass is 9.99. The SMILES string of the molecule is N#Cc1ccc(NC2CCOC(C3CC3)C2)cc1Cl. The highest BCUT2D eigenvalue weighted by Crippen LogP contribution is 2.38. The van der Waals surface area contributed by atoms with Crippen molar-refractivity contribution in [3.05, 3.63) is 28.8 Å². The molecule has 0 spiro atoms. The quantitative estimate of drug-likeness (QED) is 0.918. The maximum absolute atomic E-state index is 8.86. The molecule has 1 aliphatic heterocycles. The molecule has 3 rings (SSSR count). The van der Waals surface area contributed by atoms with Crippen LogP contribution in [0.1, 0.15) is 31.2 Å². The van der Waals surface area contributed by atoms with E-state index in [9.17, 15) is 0 Å². The maximum atomic E-state index is 8.86. The fourth-order valence-corrected chi connectivity index (χ4v) is 2.91. The zero-order valence-corrected chi connectivity index (χ0v) is 11.5. The van der Waals surface area contributed by atoms with E-state index in [0.29, 0.717) is 22.7 Å². The van der Waals surface area contributed by atoms with E-state index in [1.54, 1.807) is 6.07 Å². The molecule has 2 aliphatic rings. The summed E-state index contributed by atoms with van der Waals surface area (Å²) in [5, 5.41) is 12.9. The molecule has 1 saturated carbocycles. The Labute approximate surface area is 118 Å². The first kappa shape index (κ1) is 12.8. The number of rotatable bonds is 3. The van der Waals surface area contributed by atoms with E-state index in [1.165, 1.54) is 12.8 Å². The summed E-state index contributed by atoms with van der Waals surface area (Å²) in [6, 6.07) is 8.05. The number of hydrogen-bond acceptors (Lipinski definition) is 3. The Morgan fingerprint density at radius 3 is 2.84 bits per heavy atom. The van der Waals surface area contributed by atoms with Crippen LogP contribution in [0.25, 0.3) is 0 Å². The van der Waals surface area contributed by atoms with Crippen LogP contribution in [0.5, 0.6) is 0 Å². The lowest BCUT2D eigenvalue weighted by Crippen LogP contribution is -2.35. The van der Waals surface area contributed by atoms with Crippen molar-refractivity contribution in [3.8, 4) is 6.07 Å². The smallest absolute Gasteiger partial charge is 0.101 e. The number of hydrogen-bond donors (Lipinski definition) is 1. The minimum absolute atomic E-state index is 0.431. The Balaban J connectivity index is 1.64. The molecule has 100 valence electrons. The lowest BCUT2D eigenvalue weighted by Gasteiger charge is -2.31. The summed E-state index contributed by atoms with van der Waals surface area (Å²) in [7, 11) is 0.